The Hall–Kier alpha value is 0.0200. The molecule has 0 aromatic rings. The van der Waals surface area contributed by atoms with Crippen molar-refractivity contribution in [1.29, 1.82) is 0 Å². The maximum absolute atomic E-state index is 10.5. The molecule has 13 heavy (non-hydrogen) atoms. The second-order valence-corrected chi connectivity index (χ2v) is 5.29. The molecule has 1 atom stereocenters. The molecule has 4 heteroatoms. The Morgan fingerprint density at radius 1 is 1.38 bits per heavy atom. The monoisotopic (exact) mass is 205 g/mol. The molecule has 0 saturated carbocycles. The van der Waals surface area contributed by atoms with Gasteiger partial charge in [-0.1, -0.05) is 20.8 Å². The van der Waals surface area contributed by atoms with Gasteiger partial charge in [-0.15, -0.1) is 0 Å². The summed E-state index contributed by atoms with van der Waals surface area (Å²) in [5.41, 5.74) is -0.0591. The van der Waals surface area contributed by atoms with E-state index >= 15 is 0 Å². The Morgan fingerprint density at radius 2 is 1.85 bits per heavy atom. The standard InChI is InChI=1S/C9H20NO2P/c1-7(2)10(11)8(6-13-12)9(3,4)5/h7-8,11H,6H2,1-5H3. The molecule has 3 nitrogen and oxygen atoms in total. The number of nitrogens with zero attached hydrogens (tertiary/aromatic N) is 1. The summed E-state index contributed by atoms with van der Waals surface area (Å²) >= 11 is 0. The number of rotatable bonds is 4. The molecular weight excluding hydrogens is 185 g/mol. The summed E-state index contributed by atoms with van der Waals surface area (Å²) in [5.74, 6) is 0. The fourth-order valence-electron chi connectivity index (χ4n) is 1.18. The summed E-state index contributed by atoms with van der Waals surface area (Å²) in [6, 6.07) is -0.00218. The van der Waals surface area contributed by atoms with E-state index in [-0.39, 0.29) is 26.0 Å². The zero-order chi connectivity index (χ0) is 10.6. The molecule has 0 aliphatic carbocycles. The molecule has 0 saturated heterocycles. The second-order valence-electron chi connectivity index (χ2n) is 4.67. The smallest absolute Gasteiger partial charge is 0.156 e. The normalized spacial score (nSPS) is 15.7. The minimum absolute atomic E-state index is 0.0591. The number of hydroxylamine groups is 2. The van der Waals surface area contributed by atoms with Crippen molar-refractivity contribution in [3.63, 3.8) is 0 Å². The minimum Gasteiger partial charge on any atom is -0.313 e. The highest BCUT2D eigenvalue weighted by Crippen LogP contribution is 2.27. The van der Waals surface area contributed by atoms with Crippen LogP contribution in [0.5, 0.6) is 0 Å². The Morgan fingerprint density at radius 3 is 2.08 bits per heavy atom. The number of hydrogen-bond donors (Lipinski definition) is 1. The Kier molecular flexibility index (Phi) is 5.05. The summed E-state index contributed by atoms with van der Waals surface area (Å²) in [5, 5.41) is 11.0. The van der Waals surface area contributed by atoms with E-state index in [1.807, 2.05) is 34.6 Å². The molecule has 0 aromatic heterocycles. The van der Waals surface area contributed by atoms with Gasteiger partial charge in [0.2, 0.25) is 0 Å². The highest BCUT2D eigenvalue weighted by atomic mass is 31.1. The van der Waals surface area contributed by atoms with E-state index in [0.29, 0.717) is 6.16 Å². The maximum atomic E-state index is 10.5. The van der Waals surface area contributed by atoms with Crippen LogP contribution >= 0.6 is 8.46 Å². The SMILES string of the molecule is CC(C)N(O)C(CP=O)C(C)(C)C. The Bertz CT molecular complexity index is 165. The van der Waals surface area contributed by atoms with Gasteiger partial charge in [0.1, 0.15) is 0 Å². The summed E-state index contributed by atoms with van der Waals surface area (Å²) in [4.78, 5) is 0. The van der Waals surface area contributed by atoms with Crippen LogP contribution in [-0.2, 0) is 4.57 Å². The highest BCUT2D eigenvalue weighted by Gasteiger charge is 2.31. The molecule has 0 aliphatic heterocycles. The summed E-state index contributed by atoms with van der Waals surface area (Å²) in [6.45, 7) is 9.94. The van der Waals surface area contributed by atoms with Gasteiger partial charge >= 0.3 is 0 Å². The predicted molar refractivity (Wildman–Crippen MR) is 54.5 cm³/mol. The van der Waals surface area contributed by atoms with Crippen LogP contribution in [-0.4, -0.2) is 28.5 Å². The summed E-state index contributed by atoms with van der Waals surface area (Å²) in [7, 11) is 0.0881. The molecule has 0 radical (unpaired) electrons. The average molecular weight is 205 g/mol. The maximum Gasteiger partial charge on any atom is 0.156 e. The topological polar surface area (TPSA) is 40.5 Å². The van der Waals surface area contributed by atoms with Gasteiger partial charge < -0.3 is 5.21 Å². The third-order valence-corrected chi connectivity index (χ3v) is 2.59. The zero-order valence-corrected chi connectivity index (χ0v) is 10.0. The Labute approximate surface area is 82.3 Å². The fourth-order valence-corrected chi connectivity index (χ4v) is 2.04. The van der Waals surface area contributed by atoms with Crippen molar-refractivity contribution in [2.75, 3.05) is 6.16 Å². The van der Waals surface area contributed by atoms with E-state index in [1.54, 1.807) is 0 Å². The lowest BCUT2D eigenvalue weighted by molar-refractivity contribution is -0.168. The van der Waals surface area contributed by atoms with Crippen molar-refractivity contribution in [2.45, 2.75) is 46.7 Å². The first-order chi connectivity index (χ1) is 5.80. The average Bonchev–Trinajstić information content (AvgIpc) is 1.96. The van der Waals surface area contributed by atoms with Crippen molar-refractivity contribution in [1.82, 2.24) is 5.06 Å². The van der Waals surface area contributed by atoms with E-state index in [9.17, 15) is 9.77 Å². The van der Waals surface area contributed by atoms with E-state index in [2.05, 4.69) is 0 Å². The molecule has 0 amide bonds. The van der Waals surface area contributed by atoms with Gasteiger partial charge in [0.15, 0.2) is 8.46 Å². The van der Waals surface area contributed by atoms with Crippen LogP contribution in [0.25, 0.3) is 0 Å². The van der Waals surface area contributed by atoms with Gasteiger partial charge in [0.05, 0.1) is 6.04 Å². The highest BCUT2D eigenvalue weighted by molar-refractivity contribution is 7.23. The lowest BCUT2D eigenvalue weighted by atomic mass is 9.87. The first-order valence-electron chi connectivity index (χ1n) is 4.57. The van der Waals surface area contributed by atoms with Crippen LogP contribution in [0, 0.1) is 5.41 Å². The molecule has 78 valence electrons. The summed E-state index contributed by atoms with van der Waals surface area (Å²) in [6.07, 6.45) is 0.470. The second kappa shape index (κ2) is 5.04. The molecule has 0 heterocycles. The van der Waals surface area contributed by atoms with Crippen molar-refractivity contribution >= 4 is 8.46 Å². The van der Waals surface area contributed by atoms with Gasteiger partial charge in [-0.05, 0) is 19.3 Å². The van der Waals surface area contributed by atoms with Gasteiger partial charge in [-0.3, -0.25) is 4.57 Å². The van der Waals surface area contributed by atoms with Crippen molar-refractivity contribution in [2.24, 2.45) is 5.41 Å². The predicted octanol–water partition coefficient (Wildman–Crippen LogP) is 2.79. The van der Waals surface area contributed by atoms with Gasteiger partial charge in [0.25, 0.3) is 0 Å². The van der Waals surface area contributed by atoms with E-state index in [0.717, 1.165) is 0 Å². The molecule has 0 bridgehead atoms. The van der Waals surface area contributed by atoms with Crippen molar-refractivity contribution in [3.05, 3.63) is 0 Å². The fraction of sp³-hybridized carbons (Fsp3) is 1.00. The molecule has 0 aliphatic rings. The Balaban J connectivity index is 4.50. The lowest BCUT2D eigenvalue weighted by Crippen LogP contribution is -2.46. The van der Waals surface area contributed by atoms with Gasteiger partial charge in [0, 0.05) is 12.2 Å². The van der Waals surface area contributed by atoms with Crippen LogP contribution in [0.3, 0.4) is 0 Å². The van der Waals surface area contributed by atoms with Crippen LogP contribution in [0.4, 0.5) is 0 Å². The molecule has 0 fully saturated rings. The molecular formula is C9H20NO2P. The van der Waals surface area contributed by atoms with Crippen LogP contribution in [0.1, 0.15) is 34.6 Å². The molecule has 0 aromatic carbocycles. The largest absolute Gasteiger partial charge is 0.313 e. The van der Waals surface area contributed by atoms with Crippen LogP contribution < -0.4 is 0 Å². The molecule has 0 spiro atoms. The molecule has 1 N–H and O–H groups in total. The van der Waals surface area contributed by atoms with E-state index < -0.39 is 0 Å². The molecule has 1 unspecified atom stereocenters. The molecule has 0 rings (SSSR count). The van der Waals surface area contributed by atoms with Crippen molar-refractivity contribution < 1.29 is 9.77 Å². The first kappa shape index (κ1) is 13.0. The van der Waals surface area contributed by atoms with E-state index in [4.69, 9.17) is 0 Å². The van der Waals surface area contributed by atoms with E-state index in [1.165, 1.54) is 5.06 Å². The lowest BCUT2D eigenvalue weighted by Gasteiger charge is -2.37. The first-order valence-corrected chi connectivity index (χ1v) is 5.56. The van der Waals surface area contributed by atoms with Crippen LogP contribution in [0.15, 0.2) is 0 Å². The van der Waals surface area contributed by atoms with Crippen LogP contribution in [0.2, 0.25) is 0 Å². The third kappa shape index (κ3) is 4.17. The quantitative estimate of drug-likeness (QED) is 0.566. The number of hydrogen-bond acceptors (Lipinski definition) is 3. The third-order valence-electron chi connectivity index (χ3n) is 2.10. The van der Waals surface area contributed by atoms with Crippen molar-refractivity contribution in [3.8, 4) is 0 Å². The zero-order valence-electron chi connectivity index (χ0n) is 9.11. The minimum atomic E-state index is -0.0633. The summed E-state index contributed by atoms with van der Waals surface area (Å²) < 4.78 is 10.5. The van der Waals surface area contributed by atoms with Gasteiger partial charge in [-0.25, -0.2) is 0 Å². The van der Waals surface area contributed by atoms with Gasteiger partial charge in [-0.2, -0.15) is 5.06 Å².